The molecule has 0 aliphatic carbocycles. The molecule has 0 radical (unpaired) electrons. The van der Waals surface area contributed by atoms with Gasteiger partial charge in [0.05, 0.1) is 28.6 Å². The van der Waals surface area contributed by atoms with Crippen molar-refractivity contribution in [2.24, 2.45) is 0 Å². The Morgan fingerprint density at radius 1 is 1.17 bits per heavy atom. The number of hydrogen-bond donors (Lipinski definition) is 2. The Morgan fingerprint density at radius 3 is 2.46 bits per heavy atom. The molecule has 0 heterocycles. The molecular formula is C14H11N3O7. The van der Waals surface area contributed by atoms with Gasteiger partial charge in [-0.05, 0) is 12.1 Å². The number of nitrogens with one attached hydrogen (secondary N) is 1. The monoisotopic (exact) mass is 333 g/mol. The third kappa shape index (κ3) is 3.38. The lowest BCUT2D eigenvalue weighted by Gasteiger charge is -2.08. The first kappa shape index (κ1) is 16.7. The summed E-state index contributed by atoms with van der Waals surface area (Å²) in [5.41, 5.74) is -1.91. The minimum atomic E-state index is -1.01. The standard InChI is InChI=1S/C14H11N3O7/c1-24-10-4-2-3-8(5-10)15-14(19)11-6-9(16(20)21)7-12(13(11)18)17(22)23/h2-7,18H,1H3,(H,15,19). The molecule has 0 saturated carbocycles. The summed E-state index contributed by atoms with van der Waals surface area (Å²) in [4.78, 5) is 32.1. The molecule has 10 nitrogen and oxygen atoms in total. The number of rotatable bonds is 5. The summed E-state index contributed by atoms with van der Waals surface area (Å²) >= 11 is 0. The van der Waals surface area contributed by atoms with Crippen molar-refractivity contribution in [3.05, 3.63) is 62.2 Å². The third-order valence-electron chi connectivity index (χ3n) is 3.05. The number of nitro groups is 2. The van der Waals surface area contributed by atoms with Gasteiger partial charge in [0.15, 0.2) is 0 Å². The Hall–Kier alpha value is -3.69. The Kier molecular flexibility index (Phi) is 4.59. The molecule has 0 atom stereocenters. The van der Waals surface area contributed by atoms with E-state index in [2.05, 4.69) is 5.32 Å². The van der Waals surface area contributed by atoms with E-state index in [-0.39, 0.29) is 5.69 Å². The van der Waals surface area contributed by atoms with E-state index in [0.29, 0.717) is 11.8 Å². The van der Waals surface area contributed by atoms with Gasteiger partial charge in [-0.1, -0.05) is 6.07 Å². The fraction of sp³-hybridized carbons (Fsp3) is 0.0714. The third-order valence-corrected chi connectivity index (χ3v) is 3.05. The van der Waals surface area contributed by atoms with Crippen molar-refractivity contribution in [3.8, 4) is 11.5 Å². The summed E-state index contributed by atoms with van der Waals surface area (Å²) in [5, 5.41) is 34.0. The fourth-order valence-corrected chi connectivity index (χ4v) is 1.92. The number of phenols is 1. The molecule has 2 aromatic carbocycles. The molecule has 0 spiro atoms. The van der Waals surface area contributed by atoms with Gasteiger partial charge in [-0.2, -0.15) is 0 Å². The predicted molar refractivity (Wildman–Crippen MR) is 82.4 cm³/mol. The van der Waals surface area contributed by atoms with Crippen LogP contribution in [0.25, 0.3) is 0 Å². The average Bonchev–Trinajstić information content (AvgIpc) is 2.54. The van der Waals surface area contributed by atoms with Crippen molar-refractivity contribution in [2.75, 3.05) is 12.4 Å². The number of non-ortho nitro benzene ring substituents is 1. The normalized spacial score (nSPS) is 10.0. The van der Waals surface area contributed by atoms with Crippen LogP contribution in [0.2, 0.25) is 0 Å². The molecule has 0 unspecified atom stereocenters. The number of nitro benzene ring substituents is 2. The summed E-state index contributed by atoms with van der Waals surface area (Å²) in [5.74, 6) is -1.44. The molecule has 0 aliphatic heterocycles. The highest BCUT2D eigenvalue weighted by molar-refractivity contribution is 6.07. The molecule has 10 heteroatoms. The lowest BCUT2D eigenvalue weighted by atomic mass is 10.1. The second kappa shape index (κ2) is 6.60. The Bertz CT molecular complexity index is 835. The van der Waals surface area contributed by atoms with Crippen LogP contribution in [0.5, 0.6) is 11.5 Å². The van der Waals surface area contributed by atoms with E-state index in [9.17, 15) is 30.1 Å². The smallest absolute Gasteiger partial charge is 0.318 e. The molecule has 0 saturated heterocycles. The fourth-order valence-electron chi connectivity index (χ4n) is 1.92. The second-order valence-electron chi connectivity index (χ2n) is 4.56. The van der Waals surface area contributed by atoms with Crippen LogP contribution >= 0.6 is 0 Å². The molecule has 0 bridgehead atoms. The minimum Gasteiger partial charge on any atom is -0.502 e. The van der Waals surface area contributed by atoms with Crippen LogP contribution < -0.4 is 10.1 Å². The van der Waals surface area contributed by atoms with Crippen LogP contribution in [0, 0.1) is 20.2 Å². The van der Waals surface area contributed by atoms with Gasteiger partial charge in [0.2, 0.25) is 5.75 Å². The van der Waals surface area contributed by atoms with E-state index in [1.165, 1.54) is 19.2 Å². The molecule has 0 aliphatic rings. The molecule has 24 heavy (non-hydrogen) atoms. The van der Waals surface area contributed by atoms with Crippen molar-refractivity contribution in [1.82, 2.24) is 0 Å². The number of hydrogen-bond acceptors (Lipinski definition) is 7. The second-order valence-corrected chi connectivity index (χ2v) is 4.56. The van der Waals surface area contributed by atoms with E-state index < -0.39 is 38.4 Å². The van der Waals surface area contributed by atoms with Gasteiger partial charge < -0.3 is 15.2 Å². The summed E-state index contributed by atoms with van der Waals surface area (Å²) < 4.78 is 4.99. The maximum Gasteiger partial charge on any atom is 0.318 e. The largest absolute Gasteiger partial charge is 0.502 e. The van der Waals surface area contributed by atoms with E-state index in [4.69, 9.17) is 4.74 Å². The quantitative estimate of drug-likeness (QED) is 0.631. The first-order valence-corrected chi connectivity index (χ1v) is 6.44. The molecule has 2 N–H and O–H groups in total. The van der Waals surface area contributed by atoms with E-state index in [1.807, 2.05) is 0 Å². The Labute approximate surface area is 134 Å². The van der Waals surface area contributed by atoms with Crippen LogP contribution in [0.1, 0.15) is 10.4 Å². The molecular weight excluding hydrogens is 322 g/mol. The van der Waals surface area contributed by atoms with Crippen LogP contribution in [-0.2, 0) is 0 Å². The number of anilines is 1. The number of carbonyl (C=O) groups is 1. The number of methoxy groups -OCH3 is 1. The zero-order valence-corrected chi connectivity index (χ0v) is 12.3. The van der Waals surface area contributed by atoms with Crippen molar-refractivity contribution < 1.29 is 24.5 Å². The molecule has 0 aromatic heterocycles. The van der Waals surface area contributed by atoms with Crippen LogP contribution in [-0.4, -0.2) is 28.0 Å². The summed E-state index contributed by atoms with van der Waals surface area (Å²) in [7, 11) is 1.43. The molecule has 1 amide bonds. The number of carbonyl (C=O) groups excluding carboxylic acids is 1. The molecule has 2 aromatic rings. The van der Waals surface area contributed by atoms with E-state index in [0.717, 1.165) is 6.07 Å². The van der Waals surface area contributed by atoms with Crippen molar-refractivity contribution in [1.29, 1.82) is 0 Å². The lowest BCUT2D eigenvalue weighted by molar-refractivity contribution is -0.394. The average molecular weight is 333 g/mol. The Balaban J connectivity index is 2.44. The Morgan fingerprint density at radius 2 is 1.88 bits per heavy atom. The van der Waals surface area contributed by atoms with Crippen molar-refractivity contribution in [3.63, 3.8) is 0 Å². The van der Waals surface area contributed by atoms with Gasteiger partial charge in [-0.25, -0.2) is 0 Å². The highest BCUT2D eigenvalue weighted by Crippen LogP contribution is 2.34. The summed E-state index contributed by atoms with van der Waals surface area (Å²) in [6.45, 7) is 0. The SMILES string of the molecule is COc1cccc(NC(=O)c2cc([N+](=O)[O-])cc([N+](=O)[O-])c2O)c1. The zero-order chi connectivity index (χ0) is 17.9. The number of benzene rings is 2. The molecule has 0 fully saturated rings. The summed E-state index contributed by atoms with van der Waals surface area (Å²) in [6.07, 6.45) is 0. The minimum absolute atomic E-state index is 0.285. The highest BCUT2D eigenvalue weighted by atomic mass is 16.6. The van der Waals surface area contributed by atoms with Gasteiger partial charge in [-0.3, -0.25) is 25.0 Å². The van der Waals surface area contributed by atoms with Crippen molar-refractivity contribution >= 4 is 23.0 Å². The number of amides is 1. The number of nitrogens with zero attached hydrogens (tertiary/aromatic N) is 2. The lowest BCUT2D eigenvalue weighted by Crippen LogP contribution is -2.13. The highest BCUT2D eigenvalue weighted by Gasteiger charge is 2.27. The maximum atomic E-state index is 12.2. The van der Waals surface area contributed by atoms with Gasteiger partial charge in [0, 0.05) is 17.8 Å². The van der Waals surface area contributed by atoms with Crippen molar-refractivity contribution in [2.45, 2.75) is 0 Å². The first-order chi connectivity index (χ1) is 11.3. The maximum absolute atomic E-state index is 12.2. The first-order valence-electron chi connectivity index (χ1n) is 6.44. The molecule has 124 valence electrons. The van der Waals surface area contributed by atoms with Crippen LogP contribution in [0.4, 0.5) is 17.1 Å². The topological polar surface area (TPSA) is 145 Å². The summed E-state index contributed by atoms with van der Waals surface area (Å²) in [6, 6.07) is 7.55. The van der Waals surface area contributed by atoms with Gasteiger partial charge >= 0.3 is 5.69 Å². The zero-order valence-electron chi connectivity index (χ0n) is 12.3. The predicted octanol–water partition coefficient (Wildman–Crippen LogP) is 2.47. The van der Waals surface area contributed by atoms with Gasteiger partial charge in [0.25, 0.3) is 11.6 Å². The van der Waals surface area contributed by atoms with Gasteiger partial charge in [-0.15, -0.1) is 0 Å². The molecule has 2 rings (SSSR count). The van der Waals surface area contributed by atoms with E-state index >= 15 is 0 Å². The number of aromatic hydroxyl groups is 1. The number of phenolic OH excluding ortho intramolecular Hbond substituents is 1. The van der Waals surface area contributed by atoms with Crippen LogP contribution in [0.15, 0.2) is 36.4 Å². The van der Waals surface area contributed by atoms with Gasteiger partial charge in [0.1, 0.15) is 5.75 Å². The van der Waals surface area contributed by atoms with E-state index in [1.54, 1.807) is 12.1 Å². The van der Waals surface area contributed by atoms with Crippen LogP contribution in [0.3, 0.4) is 0 Å². The number of ether oxygens (including phenoxy) is 1.